The van der Waals surface area contributed by atoms with E-state index in [0.29, 0.717) is 32.7 Å². The third-order valence-electron chi connectivity index (χ3n) is 9.19. The summed E-state index contributed by atoms with van der Waals surface area (Å²) in [7, 11) is 0. The highest BCUT2D eigenvalue weighted by molar-refractivity contribution is 7.15. The molecule has 63 heavy (non-hydrogen) atoms. The zero-order valence-electron chi connectivity index (χ0n) is 35.1. The number of carbonyl (C=O) groups is 6. The van der Waals surface area contributed by atoms with Crippen LogP contribution in [0.2, 0.25) is 0 Å². The van der Waals surface area contributed by atoms with E-state index in [-0.39, 0.29) is 5.69 Å². The zero-order chi connectivity index (χ0) is 45.6. The summed E-state index contributed by atoms with van der Waals surface area (Å²) in [6, 6.07) is 19.8. The molecule has 330 valence electrons. The van der Waals surface area contributed by atoms with Crippen LogP contribution in [0.25, 0.3) is 10.6 Å². The molecule has 0 spiro atoms. The Kier molecular flexibility index (Phi) is 16.5. The maximum atomic E-state index is 14.7. The highest BCUT2D eigenvalue weighted by Gasteiger charge is 2.47. The topological polar surface area (TPSA) is 244 Å². The number of pyridine rings is 3. The summed E-state index contributed by atoms with van der Waals surface area (Å²) in [4.78, 5) is 95.2. The summed E-state index contributed by atoms with van der Waals surface area (Å²) in [5.74, 6) is -6.29. The number of aliphatic hydroxyl groups is 1. The van der Waals surface area contributed by atoms with Gasteiger partial charge in [-0.15, -0.1) is 11.3 Å². The molecule has 0 aliphatic carbocycles. The average Bonchev–Trinajstić information content (AvgIpc) is 3.64. The number of aromatic nitrogens is 4. The molecular formula is C44H46N6O12S. The molecule has 0 aliphatic heterocycles. The van der Waals surface area contributed by atoms with Crippen LogP contribution in [0, 0.1) is 6.92 Å². The van der Waals surface area contributed by atoms with Gasteiger partial charge in [0.2, 0.25) is 6.10 Å². The molecule has 0 bridgehead atoms. The van der Waals surface area contributed by atoms with Crippen LogP contribution in [0.5, 0.6) is 0 Å². The molecule has 4 heterocycles. The number of aliphatic hydroxyl groups excluding tert-OH is 1. The fourth-order valence-corrected chi connectivity index (χ4v) is 7.81. The van der Waals surface area contributed by atoms with Crippen molar-refractivity contribution in [2.75, 3.05) is 17.2 Å². The maximum Gasteiger partial charge on any atom is 0.303 e. The van der Waals surface area contributed by atoms with Crippen molar-refractivity contribution in [2.24, 2.45) is 0 Å². The molecule has 4 aromatic heterocycles. The lowest BCUT2D eigenvalue weighted by molar-refractivity contribution is -0.202. The van der Waals surface area contributed by atoms with Gasteiger partial charge in [0.15, 0.2) is 18.3 Å². The van der Waals surface area contributed by atoms with Gasteiger partial charge in [0.1, 0.15) is 23.5 Å². The summed E-state index contributed by atoms with van der Waals surface area (Å²) >= 11 is 1.30. The lowest BCUT2D eigenvalue weighted by Gasteiger charge is -2.35. The Morgan fingerprint density at radius 1 is 0.698 bits per heavy atom. The van der Waals surface area contributed by atoms with Gasteiger partial charge in [-0.2, -0.15) is 0 Å². The van der Waals surface area contributed by atoms with E-state index in [1.165, 1.54) is 11.3 Å². The molecule has 1 amide bonds. The molecule has 0 saturated carbocycles. The van der Waals surface area contributed by atoms with Crippen molar-refractivity contribution in [2.45, 2.75) is 84.0 Å². The first-order valence-electron chi connectivity index (χ1n) is 19.5. The third kappa shape index (κ3) is 12.9. The average molecular weight is 883 g/mol. The van der Waals surface area contributed by atoms with Gasteiger partial charge in [0.25, 0.3) is 5.91 Å². The predicted molar refractivity (Wildman–Crippen MR) is 227 cm³/mol. The molecule has 1 aromatic carbocycles. The molecular weight excluding hydrogens is 837 g/mol. The van der Waals surface area contributed by atoms with Gasteiger partial charge in [0, 0.05) is 76.4 Å². The first-order valence-corrected chi connectivity index (χ1v) is 20.3. The van der Waals surface area contributed by atoms with Gasteiger partial charge in [-0.25, -0.2) is 9.97 Å². The molecule has 7 atom stereocenters. The minimum Gasteiger partial charge on any atom is -0.462 e. The van der Waals surface area contributed by atoms with E-state index in [9.17, 15) is 33.9 Å². The molecule has 19 heteroatoms. The number of esters is 5. The number of aryl methyl sites for hydroxylation is 1. The number of nitrogens with one attached hydrogen (secondary N) is 2. The molecule has 0 saturated heterocycles. The SMILES string of the molecule is CC(=O)OCC(OC(C)=O)C(OC(C)=O)C(OC(C)=O)C(OC(C)=O)C(=O)Nc1ccccc1C(Nc1ccccn1)C(c1ccccn1)C(O)c1sc(-c2ccncc2)nc1C. The lowest BCUT2D eigenvalue weighted by Crippen LogP contribution is -2.56. The van der Waals surface area contributed by atoms with Crippen molar-refractivity contribution in [3.63, 3.8) is 0 Å². The van der Waals surface area contributed by atoms with Gasteiger partial charge in [-0.1, -0.05) is 30.3 Å². The molecule has 7 unspecified atom stereocenters. The number of amides is 1. The van der Waals surface area contributed by atoms with Crippen molar-refractivity contribution >= 4 is 58.6 Å². The van der Waals surface area contributed by atoms with Crippen LogP contribution in [0.1, 0.15) is 74.5 Å². The van der Waals surface area contributed by atoms with E-state index in [1.807, 2.05) is 12.1 Å². The number of rotatable bonds is 19. The van der Waals surface area contributed by atoms with E-state index in [0.717, 1.165) is 40.2 Å². The van der Waals surface area contributed by atoms with Gasteiger partial charge < -0.3 is 39.4 Å². The first kappa shape index (κ1) is 46.9. The molecule has 0 radical (unpaired) electrons. The van der Waals surface area contributed by atoms with Crippen LogP contribution >= 0.6 is 11.3 Å². The largest absolute Gasteiger partial charge is 0.462 e. The summed E-state index contributed by atoms with van der Waals surface area (Å²) in [6.07, 6.45) is -2.37. The lowest BCUT2D eigenvalue weighted by atomic mass is 9.83. The maximum absolute atomic E-state index is 14.7. The monoisotopic (exact) mass is 882 g/mol. The zero-order valence-corrected chi connectivity index (χ0v) is 35.9. The van der Waals surface area contributed by atoms with Crippen molar-refractivity contribution in [1.82, 2.24) is 19.9 Å². The number of ether oxygens (including phenoxy) is 5. The second kappa shape index (κ2) is 22.1. The molecule has 18 nitrogen and oxygen atoms in total. The van der Waals surface area contributed by atoms with Gasteiger partial charge >= 0.3 is 29.8 Å². The van der Waals surface area contributed by atoms with Gasteiger partial charge in [0.05, 0.1) is 22.5 Å². The number of hydrogen-bond acceptors (Lipinski definition) is 18. The Labute approximate surface area is 366 Å². The smallest absolute Gasteiger partial charge is 0.303 e. The van der Waals surface area contributed by atoms with Crippen molar-refractivity contribution < 1.29 is 57.6 Å². The van der Waals surface area contributed by atoms with Crippen LogP contribution in [0.15, 0.2) is 97.6 Å². The van der Waals surface area contributed by atoms with Gasteiger partial charge in [-0.05, 0) is 55.0 Å². The number of benzene rings is 1. The third-order valence-corrected chi connectivity index (χ3v) is 10.5. The second-order valence-electron chi connectivity index (χ2n) is 14.0. The number of carbonyl (C=O) groups excluding carboxylic acids is 6. The first-order chi connectivity index (χ1) is 30.1. The number of nitrogens with zero attached hydrogens (tertiary/aromatic N) is 4. The highest BCUT2D eigenvalue weighted by atomic mass is 32.1. The Morgan fingerprint density at radius 3 is 1.92 bits per heavy atom. The van der Waals surface area contributed by atoms with Gasteiger partial charge in [-0.3, -0.25) is 38.7 Å². The fraction of sp³-hybridized carbons (Fsp3) is 0.318. The summed E-state index contributed by atoms with van der Waals surface area (Å²) in [5, 5.41) is 19.4. The van der Waals surface area contributed by atoms with E-state index < -0.39 is 84.8 Å². The van der Waals surface area contributed by atoms with Crippen LogP contribution in [0.3, 0.4) is 0 Å². The van der Waals surface area contributed by atoms with Crippen LogP contribution in [0.4, 0.5) is 11.5 Å². The quantitative estimate of drug-likeness (QED) is 0.0712. The molecule has 5 aromatic rings. The molecule has 5 rings (SSSR count). The molecule has 3 N–H and O–H groups in total. The summed E-state index contributed by atoms with van der Waals surface area (Å²) in [5.41, 5.74) is 2.35. The fourth-order valence-electron chi connectivity index (χ4n) is 6.70. The van der Waals surface area contributed by atoms with E-state index in [2.05, 4.69) is 25.6 Å². The number of hydrogen-bond donors (Lipinski definition) is 3. The Morgan fingerprint density at radius 2 is 1.32 bits per heavy atom. The molecule has 0 aliphatic rings. The van der Waals surface area contributed by atoms with Crippen LogP contribution < -0.4 is 10.6 Å². The Balaban J connectivity index is 1.65. The van der Waals surface area contributed by atoms with Crippen molar-refractivity contribution in [3.05, 3.63) is 119 Å². The van der Waals surface area contributed by atoms with Crippen LogP contribution in [-0.4, -0.2) is 91.8 Å². The number of para-hydroxylation sites is 1. The number of thiazole rings is 1. The Hall–Kier alpha value is -7.12. The molecule has 0 fully saturated rings. The standard InChI is InChI=1S/C44H46N6O12S/c1-24-42(63-44(48-24)30-17-21-45-22-18-30)38(56)36(33-15-9-11-19-46-33)37(50-35-16-10-12-20-47-35)31-13-7-8-14-32(31)49-43(57)41(62-29(6)55)40(61-28(5)54)39(60-27(4)53)34(59-26(3)52)23-58-25(2)51/h7-22,34,36-41,56H,23H2,1-6H3,(H,47,50)(H,49,57). The highest BCUT2D eigenvalue weighted by Crippen LogP contribution is 2.46. The number of anilines is 2. The van der Waals surface area contributed by atoms with Crippen molar-refractivity contribution in [3.8, 4) is 10.6 Å². The van der Waals surface area contributed by atoms with Crippen molar-refractivity contribution in [1.29, 1.82) is 0 Å². The van der Waals surface area contributed by atoms with E-state index in [1.54, 1.807) is 92.4 Å². The normalized spacial score (nSPS) is 14.3. The minimum absolute atomic E-state index is 0.127. The predicted octanol–water partition coefficient (Wildman–Crippen LogP) is 5.20. The van der Waals surface area contributed by atoms with Crippen LogP contribution in [-0.2, 0) is 52.5 Å². The van der Waals surface area contributed by atoms with E-state index >= 15 is 0 Å². The second-order valence-corrected chi connectivity index (χ2v) is 15.0. The minimum atomic E-state index is -2.08. The Bertz CT molecular complexity index is 2370. The summed E-state index contributed by atoms with van der Waals surface area (Å²) in [6.45, 7) is 6.18. The summed E-state index contributed by atoms with van der Waals surface area (Å²) < 4.78 is 26.9. The van der Waals surface area contributed by atoms with E-state index in [4.69, 9.17) is 28.7 Å².